The van der Waals surface area contributed by atoms with Crippen molar-refractivity contribution in [2.24, 2.45) is 5.73 Å². The molecule has 3 heterocycles. The van der Waals surface area contributed by atoms with Gasteiger partial charge in [0.2, 0.25) is 11.9 Å². The number of nitrogens with zero attached hydrogens (tertiary/aromatic N) is 5. The van der Waals surface area contributed by atoms with Crippen LogP contribution in [0.15, 0.2) is 36.7 Å². The molecule has 2 N–H and O–H groups in total. The van der Waals surface area contributed by atoms with Gasteiger partial charge in [0.25, 0.3) is 0 Å². The molecule has 8 nitrogen and oxygen atoms in total. The first-order valence-electron chi connectivity index (χ1n) is 11.1. The minimum atomic E-state index is -0.0736. The number of hydrogen-bond donors (Lipinski definition) is 1. The third kappa shape index (κ3) is 5.39. The molecule has 8 heteroatoms. The highest BCUT2D eigenvalue weighted by Crippen LogP contribution is 2.24. The van der Waals surface area contributed by atoms with E-state index >= 15 is 0 Å². The van der Waals surface area contributed by atoms with E-state index in [2.05, 4.69) is 25.8 Å². The Morgan fingerprint density at radius 2 is 1.84 bits per heavy atom. The number of aromatic nitrogens is 2. The van der Waals surface area contributed by atoms with Crippen molar-refractivity contribution in [3.63, 3.8) is 0 Å². The minimum Gasteiger partial charge on any atom is -0.379 e. The number of piperidine rings is 1. The lowest BCUT2D eigenvalue weighted by molar-refractivity contribution is -0.128. The van der Waals surface area contributed by atoms with Gasteiger partial charge >= 0.3 is 0 Å². The molecule has 31 heavy (non-hydrogen) atoms. The second kappa shape index (κ2) is 10.2. The van der Waals surface area contributed by atoms with Gasteiger partial charge in [-0.15, -0.1) is 0 Å². The lowest BCUT2D eigenvalue weighted by Crippen LogP contribution is -2.49. The smallest absolute Gasteiger partial charge is 0.236 e. The van der Waals surface area contributed by atoms with E-state index in [4.69, 9.17) is 10.5 Å². The zero-order valence-corrected chi connectivity index (χ0v) is 18.2. The summed E-state index contributed by atoms with van der Waals surface area (Å²) < 4.78 is 5.48. The Hall–Kier alpha value is -2.55. The van der Waals surface area contributed by atoms with E-state index in [9.17, 15) is 4.79 Å². The van der Waals surface area contributed by atoms with Crippen LogP contribution in [0.2, 0.25) is 0 Å². The van der Waals surface area contributed by atoms with Gasteiger partial charge in [0.1, 0.15) is 0 Å². The second-order valence-electron chi connectivity index (χ2n) is 8.29. The monoisotopic (exact) mass is 424 g/mol. The molecule has 166 valence electrons. The van der Waals surface area contributed by atoms with Gasteiger partial charge in [-0.25, -0.2) is 9.97 Å². The van der Waals surface area contributed by atoms with Crippen LogP contribution in [0.1, 0.15) is 18.4 Å². The number of ether oxygens (including phenoxy) is 1. The number of benzene rings is 1. The number of rotatable bonds is 6. The Kier molecular flexibility index (Phi) is 7.11. The van der Waals surface area contributed by atoms with Crippen LogP contribution in [-0.2, 0) is 16.1 Å². The van der Waals surface area contributed by atoms with Crippen LogP contribution in [0.3, 0.4) is 0 Å². The third-order valence-electron chi connectivity index (χ3n) is 6.23. The zero-order chi connectivity index (χ0) is 21.6. The van der Waals surface area contributed by atoms with Gasteiger partial charge in [0.05, 0.1) is 19.8 Å². The highest BCUT2D eigenvalue weighted by atomic mass is 16.5. The molecular formula is C23H32N6O2. The molecule has 0 unspecified atom stereocenters. The van der Waals surface area contributed by atoms with Gasteiger partial charge < -0.3 is 20.3 Å². The van der Waals surface area contributed by atoms with Crippen molar-refractivity contribution in [2.75, 3.05) is 57.9 Å². The second-order valence-corrected chi connectivity index (χ2v) is 8.29. The highest BCUT2D eigenvalue weighted by molar-refractivity contribution is 5.77. The first-order chi connectivity index (χ1) is 15.1. The van der Waals surface area contributed by atoms with Crippen LogP contribution >= 0.6 is 0 Å². The van der Waals surface area contributed by atoms with Crippen LogP contribution in [-0.4, -0.2) is 84.7 Å². The summed E-state index contributed by atoms with van der Waals surface area (Å²) >= 11 is 0. The SMILES string of the molecule is CN(Cc1cccc(-c2cnc(N3CCC(N4CCOCC4)CC3)nc2)c1)C(=O)CN. The van der Waals surface area contributed by atoms with Gasteiger partial charge in [-0.05, 0) is 30.0 Å². The maximum absolute atomic E-state index is 11.7. The molecule has 2 fully saturated rings. The van der Waals surface area contributed by atoms with Crippen molar-refractivity contribution in [3.8, 4) is 11.1 Å². The predicted molar refractivity (Wildman–Crippen MR) is 121 cm³/mol. The van der Waals surface area contributed by atoms with Crippen molar-refractivity contribution >= 4 is 11.9 Å². The molecule has 0 atom stereocenters. The van der Waals surface area contributed by atoms with Crippen molar-refractivity contribution in [1.82, 2.24) is 19.8 Å². The summed E-state index contributed by atoms with van der Waals surface area (Å²) in [6.45, 7) is 6.32. The number of amides is 1. The summed E-state index contributed by atoms with van der Waals surface area (Å²) in [5.74, 6) is 0.726. The predicted octanol–water partition coefficient (Wildman–Crippen LogP) is 1.36. The lowest BCUT2D eigenvalue weighted by atomic mass is 10.0. The fourth-order valence-corrected chi connectivity index (χ4v) is 4.37. The first kappa shape index (κ1) is 21.7. The van der Waals surface area contributed by atoms with Gasteiger partial charge in [-0.3, -0.25) is 9.69 Å². The van der Waals surface area contributed by atoms with Gasteiger partial charge in [-0.2, -0.15) is 0 Å². The summed E-state index contributed by atoms with van der Waals surface area (Å²) in [4.78, 5) is 27.5. The Morgan fingerprint density at radius 3 is 2.52 bits per heavy atom. The Labute approximate surface area is 184 Å². The van der Waals surface area contributed by atoms with Gasteiger partial charge in [-0.1, -0.05) is 18.2 Å². The maximum Gasteiger partial charge on any atom is 0.236 e. The number of anilines is 1. The fourth-order valence-electron chi connectivity index (χ4n) is 4.37. The molecule has 0 aliphatic carbocycles. The molecule has 2 saturated heterocycles. The first-order valence-corrected chi connectivity index (χ1v) is 11.1. The van der Waals surface area contributed by atoms with Crippen LogP contribution in [0.4, 0.5) is 5.95 Å². The molecule has 1 amide bonds. The van der Waals surface area contributed by atoms with E-state index in [1.165, 1.54) is 0 Å². The van der Waals surface area contributed by atoms with E-state index < -0.39 is 0 Å². The molecule has 2 aliphatic heterocycles. The van der Waals surface area contributed by atoms with Crippen molar-refractivity contribution in [3.05, 3.63) is 42.2 Å². The van der Waals surface area contributed by atoms with Crippen LogP contribution in [0.25, 0.3) is 11.1 Å². The fraction of sp³-hybridized carbons (Fsp3) is 0.522. The molecule has 0 radical (unpaired) electrons. The number of hydrogen-bond acceptors (Lipinski definition) is 7. The number of carbonyl (C=O) groups excluding carboxylic acids is 1. The Bertz CT molecular complexity index is 861. The van der Waals surface area contributed by atoms with E-state index in [0.717, 1.165) is 74.9 Å². The summed E-state index contributed by atoms with van der Waals surface area (Å²) in [6.07, 6.45) is 6.07. The van der Waals surface area contributed by atoms with E-state index in [1.807, 2.05) is 30.6 Å². The highest BCUT2D eigenvalue weighted by Gasteiger charge is 2.26. The topological polar surface area (TPSA) is 87.8 Å². The van der Waals surface area contributed by atoms with Crippen LogP contribution in [0, 0.1) is 0 Å². The number of likely N-dealkylation sites (N-methyl/N-ethyl adjacent to an activating group) is 1. The van der Waals surface area contributed by atoms with E-state index in [1.54, 1.807) is 11.9 Å². The number of morpholine rings is 1. The standard InChI is InChI=1S/C23H32N6O2/c1-27(22(30)14-24)17-18-3-2-4-19(13-18)20-15-25-23(26-16-20)29-7-5-21(6-8-29)28-9-11-31-12-10-28/h2-4,13,15-16,21H,5-12,14,17,24H2,1H3. The normalized spacial score (nSPS) is 18.2. The molecule has 0 spiro atoms. The molecule has 2 aromatic rings. The van der Waals surface area contributed by atoms with Crippen LogP contribution < -0.4 is 10.6 Å². The zero-order valence-electron chi connectivity index (χ0n) is 18.2. The molecule has 0 bridgehead atoms. The summed E-state index contributed by atoms with van der Waals surface area (Å²) in [6, 6.07) is 8.77. The van der Waals surface area contributed by atoms with Crippen molar-refractivity contribution < 1.29 is 9.53 Å². The molecule has 2 aliphatic rings. The van der Waals surface area contributed by atoms with Crippen LogP contribution in [0.5, 0.6) is 0 Å². The van der Waals surface area contributed by atoms with E-state index in [0.29, 0.717) is 12.6 Å². The molecular weight excluding hydrogens is 392 g/mol. The average Bonchev–Trinajstić information content (AvgIpc) is 2.84. The number of nitrogens with two attached hydrogens (primary N) is 1. The Morgan fingerprint density at radius 1 is 1.13 bits per heavy atom. The molecule has 4 rings (SSSR count). The lowest BCUT2D eigenvalue weighted by Gasteiger charge is -2.40. The average molecular weight is 425 g/mol. The minimum absolute atomic E-state index is 0.0230. The summed E-state index contributed by atoms with van der Waals surface area (Å²) in [5.41, 5.74) is 8.52. The number of carbonyl (C=O) groups is 1. The van der Waals surface area contributed by atoms with Gasteiger partial charge in [0.15, 0.2) is 0 Å². The summed E-state index contributed by atoms with van der Waals surface area (Å²) in [5, 5.41) is 0. The largest absolute Gasteiger partial charge is 0.379 e. The van der Waals surface area contributed by atoms with Gasteiger partial charge in [0, 0.05) is 63.8 Å². The molecule has 1 aromatic heterocycles. The maximum atomic E-state index is 11.7. The van der Waals surface area contributed by atoms with Crippen molar-refractivity contribution in [2.45, 2.75) is 25.4 Å². The molecule has 0 saturated carbocycles. The summed E-state index contributed by atoms with van der Waals surface area (Å²) in [7, 11) is 1.77. The van der Waals surface area contributed by atoms with E-state index in [-0.39, 0.29) is 12.5 Å². The quantitative estimate of drug-likeness (QED) is 0.749. The third-order valence-corrected chi connectivity index (χ3v) is 6.23. The molecule has 1 aromatic carbocycles. The Balaban J connectivity index is 1.36. The van der Waals surface area contributed by atoms with Crippen molar-refractivity contribution in [1.29, 1.82) is 0 Å².